The maximum Gasteiger partial charge on any atom is 0.266 e. The van der Waals surface area contributed by atoms with Crippen molar-refractivity contribution in [1.29, 1.82) is 0 Å². The lowest BCUT2D eigenvalue weighted by atomic mass is 9.91. The Hall–Kier alpha value is -3.15. The second-order valence-electron chi connectivity index (χ2n) is 10.3. The van der Waals surface area contributed by atoms with Crippen LogP contribution in [0.4, 0.5) is 0 Å². The monoisotopic (exact) mass is 477 g/mol. The van der Waals surface area contributed by atoms with E-state index in [2.05, 4.69) is 27.7 Å². The van der Waals surface area contributed by atoms with Gasteiger partial charge < -0.3 is 9.64 Å². The molecule has 3 rings (SSSR count). The molecule has 0 spiro atoms. The average molecular weight is 478 g/mol. The zero-order chi connectivity index (χ0) is 25.6. The highest BCUT2D eigenvalue weighted by Gasteiger charge is 2.29. The summed E-state index contributed by atoms with van der Waals surface area (Å²) in [5, 5.41) is 0.552. The Labute approximate surface area is 208 Å². The predicted octanol–water partition coefficient (Wildman–Crippen LogP) is 6.30. The summed E-state index contributed by atoms with van der Waals surface area (Å²) in [6.45, 7) is 13.5. The Kier molecular flexibility index (Phi) is 8.71. The highest BCUT2D eigenvalue weighted by atomic mass is 16.5. The number of amides is 1. The third kappa shape index (κ3) is 6.50. The van der Waals surface area contributed by atoms with Crippen LogP contribution in [-0.4, -0.2) is 33.5 Å². The summed E-state index contributed by atoms with van der Waals surface area (Å²) in [5.74, 6) is 1.40. The van der Waals surface area contributed by atoms with Crippen molar-refractivity contribution in [3.63, 3.8) is 0 Å². The largest absolute Gasteiger partial charge is 0.494 e. The highest BCUT2D eigenvalue weighted by Crippen LogP contribution is 2.28. The molecule has 0 aliphatic rings. The van der Waals surface area contributed by atoms with Gasteiger partial charge in [0.2, 0.25) is 5.91 Å². The van der Waals surface area contributed by atoms with Crippen LogP contribution in [-0.2, 0) is 4.79 Å². The Bertz CT molecular complexity index is 1190. The van der Waals surface area contributed by atoms with Crippen LogP contribution in [0.3, 0.4) is 0 Å². The number of aromatic nitrogens is 2. The first-order valence-corrected chi connectivity index (χ1v) is 12.7. The molecule has 0 bridgehead atoms. The van der Waals surface area contributed by atoms with Gasteiger partial charge in [-0.3, -0.25) is 14.2 Å². The molecular weight excluding hydrogens is 438 g/mol. The fraction of sp³-hybridized carbons (Fsp3) is 0.483. The van der Waals surface area contributed by atoms with E-state index in [9.17, 15) is 9.59 Å². The van der Waals surface area contributed by atoms with Gasteiger partial charge in [-0.25, -0.2) is 4.98 Å². The van der Waals surface area contributed by atoms with Gasteiger partial charge in [-0.1, -0.05) is 52.7 Å². The Morgan fingerprint density at radius 2 is 1.74 bits per heavy atom. The van der Waals surface area contributed by atoms with Crippen LogP contribution in [0.5, 0.6) is 5.75 Å². The normalized spacial score (nSPS) is 12.5. The highest BCUT2D eigenvalue weighted by molar-refractivity contribution is 5.79. The molecule has 1 amide bonds. The SMILES string of the molecule is CCCCCN(C(=O)CC(C)(C)C)C(C)c1nc2ccccc2c(=O)n1-c1ccc(OCC)cc1. The Morgan fingerprint density at radius 1 is 1.06 bits per heavy atom. The van der Waals surface area contributed by atoms with E-state index in [0.29, 0.717) is 42.0 Å². The molecule has 1 unspecified atom stereocenters. The maximum atomic E-state index is 13.7. The first kappa shape index (κ1) is 26.5. The lowest BCUT2D eigenvalue weighted by molar-refractivity contribution is -0.135. The van der Waals surface area contributed by atoms with E-state index >= 15 is 0 Å². The molecule has 6 heteroatoms. The minimum absolute atomic E-state index is 0.0850. The standard InChI is InChI=1S/C29H39N3O3/c1-7-9-12-19-31(26(33)20-29(4,5)6)21(3)27-30-25-14-11-10-13-24(25)28(34)32(27)22-15-17-23(18-16-22)35-8-2/h10-11,13-18,21H,7-9,12,19-20H2,1-6H3. The number of benzene rings is 2. The molecule has 0 radical (unpaired) electrons. The minimum Gasteiger partial charge on any atom is -0.494 e. The summed E-state index contributed by atoms with van der Waals surface area (Å²) in [6.07, 6.45) is 3.46. The fourth-order valence-corrected chi connectivity index (χ4v) is 4.30. The van der Waals surface area contributed by atoms with Crippen molar-refractivity contribution in [2.45, 2.75) is 73.3 Å². The molecule has 1 heterocycles. The lowest BCUT2D eigenvalue weighted by Gasteiger charge is -2.32. The summed E-state index contributed by atoms with van der Waals surface area (Å²) in [5.41, 5.74) is 1.07. The number of unbranched alkanes of at least 4 members (excludes halogenated alkanes) is 2. The number of para-hydroxylation sites is 1. The van der Waals surface area contributed by atoms with Crippen molar-refractivity contribution < 1.29 is 9.53 Å². The summed E-state index contributed by atoms with van der Waals surface area (Å²) in [7, 11) is 0. The number of hydrogen-bond donors (Lipinski definition) is 0. The van der Waals surface area contributed by atoms with Crippen molar-refractivity contribution in [3.8, 4) is 11.4 Å². The van der Waals surface area contributed by atoms with Gasteiger partial charge >= 0.3 is 0 Å². The molecule has 188 valence electrons. The molecule has 0 N–H and O–H groups in total. The fourth-order valence-electron chi connectivity index (χ4n) is 4.30. The topological polar surface area (TPSA) is 64.4 Å². The maximum absolute atomic E-state index is 13.7. The van der Waals surface area contributed by atoms with Crippen molar-refractivity contribution in [1.82, 2.24) is 14.5 Å². The van der Waals surface area contributed by atoms with Gasteiger partial charge in [-0.2, -0.15) is 0 Å². The van der Waals surface area contributed by atoms with E-state index < -0.39 is 0 Å². The van der Waals surface area contributed by atoms with Crippen LogP contribution in [0, 0.1) is 5.41 Å². The van der Waals surface area contributed by atoms with E-state index in [1.54, 1.807) is 10.6 Å². The van der Waals surface area contributed by atoms with Gasteiger partial charge in [0.1, 0.15) is 11.6 Å². The van der Waals surface area contributed by atoms with Crippen LogP contribution < -0.4 is 10.3 Å². The Morgan fingerprint density at radius 3 is 2.37 bits per heavy atom. The quantitative estimate of drug-likeness (QED) is 0.321. The van der Waals surface area contributed by atoms with E-state index in [0.717, 1.165) is 25.0 Å². The molecule has 6 nitrogen and oxygen atoms in total. The minimum atomic E-state index is -0.370. The molecule has 0 aliphatic heterocycles. The zero-order valence-electron chi connectivity index (χ0n) is 22.0. The number of carbonyl (C=O) groups is 1. The Balaban J connectivity index is 2.15. The van der Waals surface area contributed by atoms with E-state index in [-0.39, 0.29) is 22.9 Å². The molecule has 0 saturated heterocycles. The van der Waals surface area contributed by atoms with Crippen molar-refractivity contribution in [3.05, 3.63) is 64.7 Å². The summed E-state index contributed by atoms with van der Waals surface area (Å²) >= 11 is 0. The van der Waals surface area contributed by atoms with Gasteiger partial charge in [-0.15, -0.1) is 0 Å². The molecule has 35 heavy (non-hydrogen) atoms. The molecule has 1 aromatic heterocycles. The third-order valence-corrected chi connectivity index (χ3v) is 6.05. The molecule has 0 fully saturated rings. The molecule has 3 aromatic rings. The van der Waals surface area contributed by atoms with E-state index in [1.807, 2.05) is 61.2 Å². The number of rotatable bonds is 10. The second-order valence-corrected chi connectivity index (χ2v) is 10.3. The van der Waals surface area contributed by atoms with Crippen LogP contribution in [0.25, 0.3) is 16.6 Å². The molecular formula is C29H39N3O3. The van der Waals surface area contributed by atoms with Crippen molar-refractivity contribution >= 4 is 16.8 Å². The van der Waals surface area contributed by atoms with Gasteiger partial charge in [0.05, 0.1) is 29.2 Å². The van der Waals surface area contributed by atoms with Crippen molar-refractivity contribution in [2.24, 2.45) is 5.41 Å². The van der Waals surface area contributed by atoms with Crippen LogP contribution in [0.2, 0.25) is 0 Å². The smallest absolute Gasteiger partial charge is 0.266 e. The van der Waals surface area contributed by atoms with Crippen LogP contribution >= 0.6 is 0 Å². The number of ether oxygens (including phenoxy) is 1. The predicted molar refractivity (Wildman–Crippen MR) is 142 cm³/mol. The number of nitrogens with zero attached hydrogens (tertiary/aromatic N) is 3. The van der Waals surface area contributed by atoms with E-state index in [1.165, 1.54) is 0 Å². The molecule has 1 atom stereocenters. The van der Waals surface area contributed by atoms with Crippen LogP contribution in [0.15, 0.2) is 53.3 Å². The van der Waals surface area contributed by atoms with Crippen molar-refractivity contribution in [2.75, 3.05) is 13.2 Å². The van der Waals surface area contributed by atoms with Gasteiger partial charge in [0.15, 0.2) is 0 Å². The van der Waals surface area contributed by atoms with E-state index in [4.69, 9.17) is 9.72 Å². The number of carbonyl (C=O) groups excluding carboxylic acids is 1. The molecule has 2 aromatic carbocycles. The third-order valence-electron chi connectivity index (χ3n) is 6.05. The number of hydrogen-bond acceptors (Lipinski definition) is 4. The first-order valence-electron chi connectivity index (χ1n) is 12.7. The summed E-state index contributed by atoms with van der Waals surface area (Å²) in [6, 6.07) is 14.5. The summed E-state index contributed by atoms with van der Waals surface area (Å²) in [4.78, 5) is 34.1. The lowest BCUT2D eigenvalue weighted by Crippen LogP contribution is -2.39. The van der Waals surface area contributed by atoms with Gasteiger partial charge in [0.25, 0.3) is 5.56 Å². The molecule has 0 saturated carbocycles. The van der Waals surface area contributed by atoms with Gasteiger partial charge in [-0.05, 0) is 62.1 Å². The number of fused-ring (bicyclic) bond motifs is 1. The average Bonchev–Trinajstić information content (AvgIpc) is 2.81. The first-order chi connectivity index (χ1) is 16.7. The zero-order valence-corrected chi connectivity index (χ0v) is 22.0. The van der Waals surface area contributed by atoms with Crippen LogP contribution in [0.1, 0.15) is 79.1 Å². The van der Waals surface area contributed by atoms with Gasteiger partial charge in [0, 0.05) is 13.0 Å². The summed E-state index contributed by atoms with van der Waals surface area (Å²) < 4.78 is 7.24. The molecule has 0 aliphatic carbocycles. The second kappa shape index (κ2) is 11.5.